The van der Waals surface area contributed by atoms with Gasteiger partial charge in [-0.2, -0.15) is 10.1 Å². The topological polar surface area (TPSA) is 63.1 Å². The minimum absolute atomic E-state index is 0.0289. The van der Waals surface area contributed by atoms with E-state index in [2.05, 4.69) is 15.3 Å². The molecule has 3 heterocycles. The molecule has 170 valence electrons. The Morgan fingerprint density at radius 3 is 2.79 bits per heavy atom. The number of amides is 1. The molecule has 1 aliphatic heterocycles. The molecule has 0 unspecified atom stereocenters. The zero-order valence-electron chi connectivity index (χ0n) is 18.1. The second-order valence-electron chi connectivity index (χ2n) is 8.26. The molecule has 0 aliphatic carbocycles. The van der Waals surface area contributed by atoms with Crippen LogP contribution in [0.2, 0.25) is 0 Å². The van der Waals surface area contributed by atoms with Crippen molar-refractivity contribution in [1.82, 2.24) is 20.1 Å². The first-order chi connectivity index (χ1) is 16.0. The summed E-state index contributed by atoms with van der Waals surface area (Å²) < 4.78 is 29.4. The van der Waals surface area contributed by atoms with Crippen molar-refractivity contribution in [3.8, 4) is 5.69 Å². The number of thiazole rings is 1. The number of aromatic nitrogens is 3. The Hall–Kier alpha value is -3.33. The van der Waals surface area contributed by atoms with E-state index in [0.717, 1.165) is 51.8 Å². The van der Waals surface area contributed by atoms with Crippen LogP contribution in [-0.2, 0) is 11.3 Å². The third kappa shape index (κ3) is 4.45. The fourth-order valence-electron chi connectivity index (χ4n) is 4.17. The zero-order chi connectivity index (χ0) is 22.9. The normalized spacial score (nSPS) is 16.3. The lowest BCUT2D eigenvalue weighted by Crippen LogP contribution is -2.43. The first-order valence-corrected chi connectivity index (χ1v) is 11.7. The Bertz CT molecular complexity index is 1300. The minimum Gasteiger partial charge on any atom is -0.352 e. The highest BCUT2D eigenvalue weighted by Gasteiger charge is 2.28. The van der Waals surface area contributed by atoms with Gasteiger partial charge in [-0.3, -0.25) is 4.79 Å². The van der Waals surface area contributed by atoms with Crippen LogP contribution in [0.3, 0.4) is 0 Å². The lowest BCUT2D eigenvalue weighted by Gasteiger charge is -2.31. The van der Waals surface area contributed by atoms with Crippen molar-refractivity contribution in [1.29, 1.82) is 0 Å². The number of halogens is 2. The predicted octanol–water partition coefficient (Wildman–Crippen LogP) is 4.60. The number of nitrogens with zero attached hydrogens (tertiary/aromatic N) is 4. The number of fused-ring (bicyclic) bond motifs is 1. The molecule has 1 atom stereocenters. The van der Waals surface area contributed by atoms with Crippen LogP contribution in [-0.4, -0.2) is 33.8 Å². The summed E-state index contributed by atoms with van der Waals surface area (Å²) >= 11 is 1.56. The minimum atomic E-state index is -0.309. The van der Waals surface area contributed by atoms with Crippen molar-refractivity contribution in [2.45, 2.75) is 26.3 Å². The maximum absolute atomic E-state index is 13.4. The largest absolute Gasteiger partial charge is 0.352 e. The van der Waals surface area contributed by atoms with Crippen molar-refractivity contribution in [3.63, 3.8) is 0 Å². The lowest BCUT2D eigenvalue weighted by molar-refractivity contribution is -0.125. The average Bonchev–Trinajstić information content (AvgIpc) is 3.39. The third-order valence-corrected chi connectivity index (χ3v) is 7.08. The molecule has 2 aromatic carbocycles. The van der Waals surface area contributed by atoms with E-state index in [-0.39, 0.29) is 23.5 Å². The molecule has 6 nitrogen and oxygen atoms in total. The van der Waals surface area contributed by atoms with E-state index in [1.165, 1.54) is 24.3 Å². The molecule has 33 heavy (non-hydrogen) atoms. The number of piperidine rings is 1. The highest BCUT2D eigenvalue weighted by atomic mass is 32.1. The van der Waals surface area contributed by atoms with Crippen LogP contribution < -0.4 is 10.2 Å². The number of carbonyl (C=O) groups is 1. The predicted molar refractivity (Wildman–Crippen MR) is 125 cm³/mol. The monoisotopic (exact) mass is 467 g/mol. The molecule has 1 saturated heterocycles. The van der Waals surface area contributed by atoms with Crippen molar-refractivity contribution in [2.24, 2.45) is 5.92 Å². The van der Waals surface area contributed by atoms with E-state index in [4.69, 9.17) is 4.98 Å². The molecule has 0 radical (unpaired) electrons. The summed E-state index contributed by atoms with van der Waals surface area (Å²) in [5.74, 6) is -0.795. The number of benzene rings is 2. The van der Waals surface area contributed by atoms with Crippen LogP contribution in [0.1, 0.15) is 24.1 Å². The van der Waals surface area contributed by atoms with Gasteiger partial charge in [0.1, 0.15) is 11.6 Å². The maximum atomic E-state index is 13.4. The van der Waals surface area contributed by atoms with E-state index >= 15 is 0 Å². The molecule has 9 heteroatoms. The number of rotatable bonds is 5. The average molecular weight is 468 g/mol. The van der Waals surface area contributed by atoms with Crippen LogP contribution in [0.5, 0.6) is 0 Å². The van der Waals surface area contributed by atoms with Crippen molar-refractivity contribution in [2.75, 3.05) is 18.0 Å². The Morgan fingerprint density at radius 1 is 1.18 bits per heavy atom. The lowest BCUT2D eigenvalue weighted by atomic mass is 9.97. The summed E-state index contributed by atoms with van der Waals surface area (Å²) in [6.45, 7) is 3.64. The van der Waals surface area contributed by atoms with E-state index in [0.29, 0.717) is 13.1 Å². The number of nitrogens with one attached hydrogen (secondary N) is 1. The highest BCUT2D eigenvalue weighted by Crippen LogP contribution is 2.34. The second kappa shape index (κ2) is 8.90. The summed E-state index contributed by atoms with van der Waals surface area (Å²) in [5.41, 5.74) is 3.08. The smallest absolute Gasteiger partial charge is 0.225 e. The molecule has 0 bridgehead atoms. The molecule has 1 aliphatic rings. The van der Waals surface area contributed by atoms with Gasteiger partial charge in [-0.05, 0) is 61.7 Å². The van der Waals surface area contributed by atoms with Gasteiger partial charge in [0.05, 0.1) is 22.0 Å². The first kappa shape index (κ1) is 21.5. The Morgan fingerprint density at radius 2 is 2.00 bits per heavy atom. The van der Waals surface area contributed by atoms with Crippen LogP contribution >= 0.6 is 11.3 Å². The summed E-state index contributed by atoms with van der Waals surface area (Å²) in [7, 11) is 0. The van der Waals surface area contributed by atoms with E-state index < -0.39 is 0 Å². The van der Waals surface area contributed by atoms with Crippen LogP contribution in [0.25, 0.3) is 16.0 Å². The standard InChI is InChI=1S/C24H23F2N5OS/c1-15-21-22(31(29-15)20-9-7-18(25)8-10-20)28-24(33-21)30-11-3-5-17(14-30)23(32)27-13-16-4-2-6-19(26)12-16/h2,4,6-10,12,17H,3,5,11,13-14H2,1H3,(H,27,32)/t17-/m0/s1. The van der Waals surface area contributed by atoms with Crippen molar-refractivity contribution in [3.05, 3.63) is 71.4 Å². The van der Waals surface area contributed by atoms with Gasteiger partial charge in [-0.1, -0.05) is 23.5 Å². The Labute approximate surface area is 193 Å². The van der Waals surface area contributed by atoms with Gasteiger partial charge >= 0.3 is 0 Å². The molecule has 0 spiro atoms. The van der Waals surface area contributed by atoms with Crippen LogP contribution in [0.15, 0.2) is 48.5 Å². The quantitative estimate of drug-likeness (QED) is 0.466. The number of aryl methyl sites for hydroxylation is 1. The molecule has 5 rings (SSSR count). The van der Waals surface area contributed by atoms with Gasteiger partial charge in [0, 0.05) is 19.6 Å². The second-order valence-corrected chi connectivity index (χ2v) is 9.23. The molecule has 0 saturated carbocycles. The number of hydrogen-bond donors (Lipinski definition) is 1. The first-order valence-electron chi connectivity index (χ1n) is 10.9. The van der Waals surface area contributed by atoms with Crippen molar-refractivity contribution < 1.29 is 13.6 Å². The molecule has 2 aromatic heterocycles. The molecular formula is C24H23F2N5OS. The fourth-order valence-corrected chi connectivity index (χ4v) is 5.19. The van der Waals surface area contributed by atoms with E-state index in [1.54, 1.807) is 40.3 Å². The molecule has 1 N–H and O–H groups in total. The highest BCUT2D eigenvalue weighted by molar-refractivity contribution is 7.22. The Kier molecular flexibility index (Phi) is 5.80. The molecule has 1 amide bonds. The van der Waals surface area contributed by atoms with Crippen LogP contribution in [0, 0.1) is 24.5 Å². The fraction of sp³-hybridized carbons (Fsp3) is 0.292. The molecular weight excluding hydrogens is 444 g/mol. The number of anilines is 1. The van der Waals surface area contributed by atoms with E-state index in [9.17, 15) is 13.6 Å². The summed E-state index contributed by atoms with van der Waals surface area (Å²) in [4.78, 5) is 19.8. The number of hydrogen-bond acceptors (Lipinski definition) is 5. The zero-order valence-corrected chi connectivity index (χ0v) is 18.9. The van der Waals surface area contributed by atoms with Gasteiger partial charge in [0.15, 0.2) is 10.8 Å². The SMILES string of the molecule is Cc1nn(-c2ccc(F)cc2)c2nc(N3CCC[C@H](C(=O)NCc4cccc(F)c4)C3)sc12. The van der Waals surface area contributed by atoms with Crippen molar-refractivity contribution >= 4 is 32.7 Å². The van der Waals surface area contributed by atoms with Gasteiger partial charge < -0.3 is 10.2 Å². The summed E-state index contributed by atoms with van der Waals surface area (Å²) in [5, 5.41) is 8.36. The maximum Gasteiger partial charge on any atom is 0.225 e. The summed E-state index contributed by atoms with van der Waals surface area (Å²) in [6.07, 6.45) is 1.69. The molecule has 4 aromatic rings. The van der Waals surface area contributed by atoms with Gasteiger partial charge in [0.2, 0.25) is 5.91 Å². The van der Waals surface area contributed by atoms with Gasteiger partial charge in [-0.15, -0.1) is 0 Å². The van der Waals surface area contributed by atoms with Gasteiger partial charge in [-0.25, -0.2) is 13.5 Å². The van der Waals surface area contributed by atoms with Crippen LogP contribution in [0.4, 0.5) is 13.9 Å². The third-order valence-electron chi connectivity index (χ3n) is 5.87. The van der Waals surface area contributed by atoms with E-state index in [1.807, 2.05) is 6.92 Å². The number of carbonyl (C=O) groups excluding carboxylic acids is 1. The van der Waals surface area contributed by atoms with Gasteiger partial charge in [0.25, 0.3) is 0 Å². The summed E-state index contributed by atoms with van der Waals surface area (Å²) in [6, 6.07) is 12.4. The molecule has 1 fully saturated rings. The Balaban J connectivity index is 1.32.